The predicted molar refractivity (Wildman–Crippen MR) is 58.7 cm³/mol. The Morgan fingerprint density at radius 2 is 2.27 bits per heavy atom. The van der Waals surface area contributed by atoms with Gasteiger partial charge in [0, 0.05) is 13.1 Å². The topological polar surface area (TPSA) is 51.0 Å². The van der Waals surface area contributed by atoms with E-state index in [2.05, 4.69) is 15.5 Å². The molecule has 15 heavy (non-hydrogen) atoms. The molecule has 2 aromatic heterocycles. The zero-order valence-corrected chi connectivity index (χ0v) is 8.82. The zero-order chi connectivity index (χ0) is 10.7. The van der Waals surface area contributed by atoms with Crippen molar-refractivity contribution in [3.05, 3.63) is 30.0 Å². The molecule has 0 radical (unpaired) electrons. The smallest absolute Gasteiger partial charge is 0.185 e. The van der Waals surface area contributed by atoms with Gasteiger partial charge in [-0.05, 0) is 18.6 Å². The van der Waals surface area contributed by atoms with Crippen LogP contribution in [0.2, 0.25) is 0 Å². The number of nitrogens with zero attached hydrogens (tertiary/aromatic N) is 2. The fraction of sp³-hybridized carbons (Fsp3) is 0.273. The summed E-state index contributed by atoms with van der Waals surface area (Å²) in [4.78, 5) is 4.36. The third kappa shape index (κ3) is 1.98. The number of hydrogen-bond acceptors (Lipinski definition) is 4. The lowest BCUT2D eigenvalue weighted by atomic mass is 10.2. The summed E-state index contributed by atoms with van der Waals surface area (Å²) >= 11 is 0. The number of pyridine rings is 1. The highest BCUT2D eigenvalue weighted by Crippen LogP contribution is 2.19. The van der Waals surface area contributed by atoms with Gasteiger partial charge in [0.1, 0.15) is 11.5 Å². The van der Waals surface area contributed by atoms with E-state index in [1.54, 1.807) is 0 Å². The van der Waals surface area contributed by atoms with Crippen molar-refractivity contribution < 1.29 is 4.52 Å². The second kappa shape index (κ2) is 4.13. The van der Waals surface area contributed by atoms with Crippen molar-refractivity contribution in [1.82, 2.24) is 10.1 Å². The van der Waals surface area contributed by atoms with Gasteiger partial charge >= 0.3 is 0 Å². The summed E-state index contributed by atoms with van der Waals surface area (Å²) in [5, 5.41) is 6.92. The Labute approximate surface area is 88.3 Å². The normalized spacial score (nSPS) is 10.3. The van der Waals surface area contributed by atoms with Crippen molar-refractivity contribution in [1.29, 1.82) is 0 Å². The van der Waals surface area contributed by atoms with Crippen LogP contribution in [0.15, 0.2) is 28.8 Å². The Balaban J connectivity index is 2.35. The highest BCUT2D eigenvalue weighted by atomic mass is 16.5. The first-order chi connectivity index (χ1) is 7.33. The Bertz CT molecular complexity index is 451. The molecule has 0 aromatic carbocycles. The first-order valence-electron chi connectivity index (χ1n) is 4.94. The lowest BCUT2D eigenvalue weighted by Gasteiger charge is -1.99. The Morgan fingerprint density at radius 3 is 2.93 bits per heavy atom. The molecule has 0 unspecified atom stereocenters. The molecule has 2 heterocycles. The summed E-state index contributed by atoms with van der Waals surface area (Å²) in [7, 11) is 1.84. The van der Waals surface area contributed by atoms with Gasteiger partial charge < -0.3 is 9.84 Å². The fourth-order valence-electron chi connectivity index (χ4n) is 1.31. The average Bonchev–Trinajstić information content (AvgIpc) is 2.78. The lowest BCUT2D eigenvalue weighted by Crippen LogP contribution is -1.92. The SMILES string of the molecule is CCc1cc(-c2cccc(NC)n2)on1. The maximum atomic E-state index is 5.20. The van der Waals surface area contributed by atoms with Gasteiger partial charge in [-0.3, -0.25) is 0 Å². The van der Waals surface area contributed by atoms with E-state index in [4.69, 9.17) is 4.52 Å². The van der Waals surface area contributed by atoms with Crippen LogP contribution in [-0.4, -0.2) is 17.2 Å². The molecule has 0 saturated carbocycles. The van der Waals surface area contributed by atoms with Crippen LogP contribution in [0.25, 0.3) is 11.5 Å². The molecule has 1 N–H and O–H groups in total. The molecule has 0 fully saturated rings. The zero-order valence-electron chi connectivity index (χ0n) is 8.82. The summed E-state index contributed by atoms with van der Waals surface area (Å²) in [5.41, 5.74) is 1.75. The van der Waals surface area contributed by atoms with Gasteiger partial charge in [-0.15, -0.1) is 0 Å². The minimum Gasteiger partial charge on any atom is -0.373 e. The van der Waals surface area contributed by atoms with Crippen LogP contribution in [0, 0.1) is 0 Å². The molecular weight excluding hydrogens is 190 g/mol. The van der Waals surface area contributed by atoms with Crippen molar-refractivity contribution in [3.8, 4) is 11.5 Å². The van der Waals surface area contributed by atoms with Crippen molar-refractivity contribution >= 4 is 5.82 Å². The number of rotatable bonds is 3. The van der Waals surface area contributed by atoms with Gasteiger partial charge in [0.2, 0.25) is 0 Å². The van der Waals surface area contributed by atoms with Gasteiger partial charge in [-0.25, -0.2) is 4.98 Å². The summed E-state index contributed by atoms with van der Waals surface area (Å²) in [6.45, 7) is 2.04. The van der Waals surface area contributed by atoms with Crippen LogP contribution in [-0.2, 0) is 6.42 Å². The maximum absolute atomic E-state index is 5.20. The van der Waals surface area contributed by atoms with Crippen molar-refractivity contribution in [2.75, 3.05) is 12.4 Å². The van der Waals surface area contributed by atoms with Crippen molar-refractivity contribution in [2.45, 2.75) is 13.3 Å². The molecular formula is C11H13N3O. The van der Waals surface area contributed by atoms with E-state index in [9.17, 15) is 0 Å². The second-order valence-electron chi connectivity index (χ2n) is 3.19. The van der Waals surface area contributed by atoms with Crippen LogP contribution >= 0.6 is 0 Å². The minimum atomic E-state index is 0.712. The summed E-state index contributed by atoms with van der Waals surface area (Å²) < 4.78 is 5.20. The molecule has 0 aliphatic rings. The molecule has 4 heteroatoms. The molecule has 0 bridgehead atoms. The van der Waals surface area contributed by atoms with E-state index < -0.39 is 0 Å². The van der Waals surface area contributed by atoms with E-state index in [0.717, 1.165) is 23.6 Å². The fourth-order valence-corrected chi connectivity index (χ4v) is 1.31. The van der Waals surface area contributed by atoms with E-state index in [1.165, 1.54) is 0 Å². The van der Waals surface area contributed by atoms with Crippen molar-refractivity contribution in [2.24, 2.45) is 0 Å². The third-order valence-corrected chi connectivity index (χ3v) is 2.18. The summed E-state index contributed by atoms with van der Waals surface area (Å²) in [6, 6.07) is 7.66. The van der Waals surface area contributed by atoms with Crippen LogP contribution in [0.1, 0.15) is 12.6 Å². The van der Waals surface area contributed by atoms with Gasteiger partial charge in [-0.1, -0.05) is 18.1 Å². The molecule has 0 aliphatic heterocycles. The number of anilines is 1. The predicted octanol–water partition coefficient (Wildman–Crippen LogP) is 2.34. The van der Waals surface area contributed by atoms with Crippen LogP contribution in [0.4, 0.5) is 5.82 Å². The lowest BCUT2D eigenvalue weighted by molar-refractivity contribution is 0.423. The molecule has 0 aliphatic carbocycles. The average molecular weight is 203 g/mol. The first-order valence-corrected chi connectivity index (χ1v) is 4.94. The van der Waals surface area contributed by atoms with Crippen LogP contribution < -0.4 is 5.32 Å². The van der Waals surface area contributed by atoms with E-state index in [-0.39, 0.29) is 0 Å². The highest BCUT2D eigenvalue weighted by molar-refractivity contribution is 5.55. The molecule has 4 nitrogen and oxygen atoms in total. The molecule has 0 spiro atoms. The van der Waals surface area contributed by atoms with Gasteiger partial charge in [-0.2, -0.15) is 0 Å². The summed E-state index contributed by atoms with van der Waals surface area (Å²) in [6.07, 6.45) is 0.870. The quantitative estimate of drug-likeness (QED) is 0.831. The second-order valence-corrected chi connectivity index (χ2v) is 3.19. The largest absolute Gasteiger partial charge is 0.373 e. The summed E-state index contributed by atoms with van der Waals surface area (Å²) in [5.74, 6) is 1.53. The molecule has 78 valence electrons. The van der Waals surface area contributed by atoms with Crippen molar-refractivity contribution in [3.63, 3.8) is 0 Å². The van der Waals surface area contributed by atoms with E-state index in [0.29, 0.717) is 5.76 Å². The third-order valence-electron chi connectivity index (χ3n) is 2.18. The standard InChI is InChI=1S/C11H13N3O/c1-3-8-7-10(15-14-8)9-5-4-6-11(12-2)13-9/h4-7H,3H2,1-2H3,(H,12,13). The van der Waals surface area contributed by atoms with Gasteiger partial charge in [0.25, 0.3) is 0 Å². The minimum absolute atomic E-state index is 0.712. The van der Waals surface area contributed by atoms with E-state index >= 15 is 0 Å². The van der Waals surface area contributed by atoms with Gasteiger partial charge in [0.05, 0.1) is 5.69 Å². The van der Waals surface area contributed by atoms with E-state index in [1.807, 2.05) is 38.2 Å². The van der Waals surface area contributed by atoms with Crippen LogP contribution in [0.3, 0.4) is 0 Å². The first kappa shape index (κ1) is 9.71. The number of aromatic nitrogens is 2. The molecule has 0 saturated heterocycles. The monoisotopic (exact) mass is 203 g/mol. The molecule has 0 atom stereocenters. The maximum Gasteiger partial charge on any atom is 0.185 e. The van der Waals surface area contributed by atoms with Crippen LogP contribution in [0.5, 0.6) is 0 Å². The molecule has 2 rings (SSSR count). The Hall–Kier alpha value is -1.84. The Kier molecular flexibility index (Phi) is 2.67. The highest BCUT2D eigenvalue weighted by Gasteiger charge is 2.06. The molecule has 0 amide bonds. The molecule has 2 aromatic rings. The van der Waals surface area contributed by atoms with Gasteiger partial charge in [0.15, 0.2) is 5.76 Å². The number of hydrogen-bond donors (Lipinski definition) is 1. The number of nitrogens with one attached hydrogen (secondary N) is 1. The Morgan fingerprint density at radius 1 is 1.40 bits per heavy atom. The number of aryl methyl sites for hydroxylation is 1.